The van der Waals surface area contributed by atoms with Crippen molar-refractivity contribution >= 4 is 11.8 Å². The lowest BCUT2D eigenvalue weighted by atomic mass is 10.3. The van der Waals surface area contributed by atoms with Crippen LogP contribution in [-0.2, 0) is 14.4 Å². The lowest BCUT2D eigenvalue weighted by Gasteiger charge is -2.17. The highest BCUT2D eigenvalue weighted by Crippen LogP contribution is 2.03. The van der Waals surface area contributed by atoms with E-state index in [0.29, 0.717) is 0 Å². The minimum atomic E-state index is -0.418. The molecule has 1 heterocycles. The average Bonchev–Trinajstić information content (AvgIpc) is 1.88. The molecule has 0 aromatic carbocycles. The number of rotatable bonds is 1. The maximum atomic E-state index is 10.8. The van der Waals surface area contributed by atoms with Crippen LogP contribution in [0, 0.1) is 0 Å². The summed E-state index contributed by atoms with van der Waals surface area (Å²) in [6, 6.07) is 0. The molecule has 0 aliphatic carbocycles. The van der Waals surface area contributed by atoms with Gasteiger partial charge in [0.1, 0.15) is 0 Å². The van der Waals surface area contributed by atoms with E-state index < -0.39 is 5.91 Å². The SMILES string of the molecule is CON1C(=O)C=CCC1=O. The van der Waals surface area contributed by atoms with Crippen LogP contribution in [-0.4, -0.2) is 24.0 Å². The highest BCUT2D eigenvalue weighted by molar-refractivity contribution is 6.02. The molecule has 1 aliphatic rings. The molecule has 1 aliphatic heterocycles. The Morgan fingerprint density at radius 3 is 2.70 bits per heavy atom. The first-order chi connectivity index (χ1) is 4.75. The largest absolute Gasteiger partial charge is 0.277 e. The van der Waals surface area contributed by atoms with Crippen LogP contribution >= 0.6 is 0 Å². The van der Waals surface area contributed by atoms with E-state index in [1.54, 1.807) is 0 Å². The molecule has 0 atom stereocenters. The van der Waals surface area contributed by atoms with Gasteiger partial charge in [-0.25, -0.2) is 0 Å². The number of hydroxylamine groups is 2. The maximum absolute atomic E-state index is 10.8. The Morgan fingerprint density at radius 1 is 1.60 bits per heavy atom. The fraction of sp³-hybridized carbons (Fsp3) is 0.333. The van der Waals surface area contributed by atoms with E-state index in [0.717, 1.165) is 5.06 Å². The van der Waals surface area contributed by atoms with Gasteiger partial charge in [-0.2, -0.15) is 0 Å². The van der Waals surface area contributed by atoms with E-state index in [4.69, 9.17) is 0 Å². The van der Waals surface area contributed by atoms with Crippen LogP contribution in [0.15, 0.2) is 12.2 Å². The predicted octanol–water partition coefficient (Wildman–Crippen LogP) is -0.137. The molecule has 0 saturated carbocycles. The number of carbonyl (C=O) groups is 2. The number of nitrogens with zero attached hydrogens (tertiary/aromatic N) is 1. The zero-order valence-electron chi connectivity index (χ0n) is 5.53. The van der Waals surface area contributed by atoms with Crippen molar-refractivity contribution in [1.82, 2.24) is 5.06 Å². The third kappa shape index (κ3) is 1.06. The standard InChI is InChI=1S/C6H7NO3/c1-10-7-5(8)3-2-4-6(7)9/h2-3H,4H2,1H3. The van der Waals surface area contributed by atoms with Gasteiger partial charge in [0.15, 0.2) is 0 Å². The molecule has 4 heteroatoms. The first kappa shape index (κ1) is 6.95. The first-order valence-electron chi connectivity index (χ1n) is 2.83. The molecule has 0 saturated heterocycles. The van der Waals surface area contributed by atoms with Crippen molar-refractivity contribution in [3.05, 3.63) is 12.2 Å². The van der Waals surface area contributed by atoms with Crippen molar-refractivity contribution in [1.29, 1.82) is 0 Å². The first-order valence-corrected chi connectivity index (χ1v) is 2.83. The van der Waals surface area contributed by atoms with Gasteiger partial charge in [0, 0.05) is 12.5 Å². The molecule has 54 valence electrons. The van der Waals surface area contributed by atoms with E-state index in [9.17, 15) is 9.59 Å². The van der Waals surface area contributed by atoms with Crippen molar-refractivity contribution in [2.45, 2.75) is 6.42 Å². The second-order valence-corrected chi connectivity index (χ2v) is 1.82. The summed E-state index contributed by atoms with van der Waals surface area (Å²) in [4.78, 5) is 26.0. The van der Waals surface area contributed by atoms with E-state index in [-0.39, 0.29) is 12.3 Å². The minimum absolute atomic E-state index is 0.236. The third-order valence-electron chi connectivity index (χ3n) is 1.16. The Labute approximate surface area is 58.0 Å². The van der Waals surface area contributed by atoms with Gasteiger partial charge in [-0.15, -0.1) is 5.06 Å². The van der Waals surface area contributed by atoms with Crippen molar-refractivity contribution in [3.63, 3.8) is 0 Å². The highest BCUT2D eigenvalue weighted by atomic mass is 16.7. The Hall–Kier alpha value is -1.16. The van der Waals surface area contributed by atoms with Crippen molar-refractivity contribution < 1.29 is 14.4 Å². The van der Waals surface area contributed by atoms with Crippen LogP contribution in [0.4, 0.5) is 0 Å². The molecule has 0 radical (unpaired) electrons. The minimum Gasteiger partial charge on any atom is -0.272 e. The van der Waals surface area contributed by atoms with E-state index in [1.807, 2.05) is 0 Å². The summed E-state index contributed by atoms with van der Waals surface area (Å²) in [5.74, 6) is -0.742. The zero-order chi connectivity index (χ0) is 7.56. The number of hydrogen-bond donors (Lipinski definition) is 0. The molecule has 0 fully saturated rings. The van der Waals surface area contributed by atoms with Crippen LogP contribution in [0.3, 0.4) is 0 Å². The van der Waals surface area contributed by atoms with Crippen LogP contribution in [0.25, 0.3) is 0 Å². The fourth-order valence-electron chi connectivity index (χ4n) is 0.726. The third-order valence-corrected chi connectivity index (χ3v) is 1.16. The Balaban J connectivity index is 2.77. The number of imide groups is 1. The number of carbonyl (C=O) groups excluding carboxylic acids is 2. The van der Waals surface area contributed by atoms with Gasteiger partial charge in [0.05, 0.1) is 7.11 Å². The summed E-state index contributed by atoms with van der Waals surface area (Å²) in [5.41, 5.74) is 0. The molecular weight excluding hydrogens is 134 g/mol. The van der Waals surface area contributed by atoms with Crippen molar-refractivity contribution in [2.75, 3.05) is 7.11 Å². The molecule has 0 bridgehead atoms. The summed E-state index contributed by atoms with van der Waals surface area (Å²) in [7, 11) is 1.29. The van der Waals surface area contributed by atoms with E-state index in [1.165, 1.54) is 19.3 Å². The molecule has 0 unspecified atom stereocenters. The van der Waals surface area contributed by atoms with Gasteiger partial charge < -0.3 is 0 Å². The monoisotopic (exact) mass is 141 g/mol. The Morgan fingerprint density at radius 2 is 2.30 bits per heavy atom. The van der Waals surface area contributed by atoms with Gasteiger partial charge in [-0.1, -0.05) is 6.08 Å². The fourth-order valence-corrected chi connectivity index (χ4v) is 0.726. The quantitative estimate of drug-likeness (QED) is 0.477. The molecule has 10 heavy (non-hydrogen) atoms. The summed E-state index contributed by atoms with van der Waals surface area (Å²) in [6.45, 7) is 0. The zero-order valence-corrected chi connectivity index (χ0v) is 5.53. The maximum Gasteiger partial charge on any atom is 0.277 e. The molecule has 0 spiro atoms. The molecule has 0 N–H and O–H groups in total. The Kier molecular flexibility index (Phi) is 1.82. The van der Waals surface area contributed by atoms with Gasteiger partial charge in [0.25, 0.3) is 11.8 Å². The molecule has 2 amide bonds. The van der Waals surface area contributed by atoms with Crippen LogP contribution in [0.5, 0.6) is 0 Å². The second-order valence-electron chi connectivity index (χ2n) is 1.82. The number of hydrogen-bond acceptors (Lipinski definition) is 3. The van der Waals surface area contributed by atoms with Crippen LogP contribution in [0.1, 0.15) is 6.42 Å². The summed E-state index contributed by atoms with van der Waals surface area (Å²) >= 11 is 0. The van der Waals surface area contributed by atoms with Crippen LogP contribution in [0.2, 0.25) is 0 Å². The van der Waals surface area contributed by atoms with Gasteiger partial charge >= 0.3 is 0 Å². The molecular formula is C6H7NO3. The average molecular weight is 141 g/mol. The lowest BCUT2D eigenvalue weighted by Crippen LogP contribution is -2.36. The summed E-state index contributed by atoms with van der Waals surface area (Å²) in [5, 5.41) is 0.736. The van der Waals surface area contributed by atoms with Gasteiger partial charge in [-0.05, 0) is 0 Å². The second kappa shape index (κ2) is 2.62. The molecule has 4 nitrogen and oxygen atoms in total. The normalized spacial score (nSPS) is 18.3. The smallest absolute Gasteiger partial charge is 0.272 e. The van der Waals surface area contributed by atoms with E-state index in [2.05, 4.69) is 4.84 Å². The summed E-state index contributed by atoms with van der Waals surface area (Å²) < 4.78 is 0. The van der Waals surface area contributed by atoms with Gasteiger partial charge in [-0.3, -0.25) is 14.4 Å². The summed E-state index contributed by atoms with van der Waals surface area (Å²) in [6.07, 6.45) is 3.06. The molecule has 0 aromatic heterocycles. The Bertz CT molecular complexity index is 197. The van der Waals surface area contributed by atoms with Crippen molar-refractivity contribution in [2.24, 2.45) is 0 Å². The molecule has 0 aromatic rings. The highest BCUT2D eigenvalue weighted by Gasteiger charge is 2.21. The molecule has 1 rings (SSSR count). The topological polar surface area (TPSA) is 46.6 Å². The predicted molar refractivity (Wildman–Crippen MR) is 32.6 cm³/mol. The van der Waals surface area contributed by atoms with E-state index >= 15 is 0 Å². The lowest BCUT2D eigenvalue weighted by molar-refractivity contribution is -0.184. The van der Waals surface area contributed by atoms with Gasteiger partial charge in [0.2, 0.25) is 0 Å². The number of amides is 2. The van der Waals surface area contributed by atoms with Crippen molar-refractivity contribution in [3.8, 4) is 0 Å². The van der Waals surface area contributed by atoms with Crippen LogP contribution < -0.4 is 0 Å².